The largest absolute Gasteiger partial charge is 0.490 e. The van der Waals surface area contributed by atoms with Gasteiger partial charge >= 0.3 is 23.5 Å². The number of para-hydroxylation sites is 2. The number of hydrogen-bond donors (Lipinski definition) is 8. The van der Waals surface area contributed by atoms with Crippen LogP contribution in [0.15, 0.2) is 24.3 Å². The molecule has 0 spiro atoms. The molecule has 1 aliphatic heterocycles. The van der Waals surface area contributed by atoms with Gasteiger partial charge in [0.1, 0.15) is 30.2 Å². The van der Waals surface area contributed by atoms with Crippen LogP contribution >= 0.6 is 23.5 Å². The van der Waals surface area contributed by atoms with E-state index >= 15 is 0 Å². The Labute approximate surface area is 179 Å². The molecule has 1 saturated heterocycles. The quantitative estimate of drug-likeness (QED) is 0.212. The van der Waals surface area contributed by atoms with E-state index in [1.807, 2.05) is 35.9 Å². The topological polar surface area (TPSA) is 259 Å². The summed E-state index contributed by atoms with van der Waals surface area (Å²) in [5, 5.41) is 28.9. The molecule has 8 N–H and O–H groups in total. The number of aliphatic hydroxyl groups is 3. The lowest BCUT2D eigenvalue weighted by atomic mass is 10.1. The molecule has 0 saturated carbocycles. The van der Waals surface area contributed by atoms with Crippen molar-refractivity contribution >= 4 is 34.5 Å². The van der Waals surface area contributed by atoms with Crippen molar-refractivity contribution in [1.29, 1.82) is 0 Å². The third-order valence-electron chi connectivity index (χ3n) is 4.04. The molecule has 0 bridgehead atoms. The molecule has 1 aromatic heterocycles. The zero-order valence-corrected chi connectivity index (χ0v) is 18.8. The van der Waals surface area contributed by atoms with E-state index in [-0.39, 0.29) is 6.61 Å². The maximum Gasteiger partial charge on any atom is 0.490 e. The number of hydrogen-bond acceptors (Lipinski definition) is 10. The van der Waals surface area contributed by atoms with E-state index in [1.54, 1.807) is 0 Å². The first-order valence-corrected chi connectivity index (χ1v) is 13.0. The molecule has 19 heteroatoms. The lowest BCUT2D eigenvalue weighted by Crippen LogP contribution is -2.32. The highest BCUT2D eigenvalue weighted by atomic mass is 31.3. The summed E-state index contributed by atoms with van der Waals surface area (Å²) >= 11 is 0. The fourth-order valence-corrected chi connectivity index (χ4v) is 5.35. The Morgan fingerprint density at radius 2 is 1.53 bits per heavy atom. The number of aliphatic hydroxyl groups excluding tert-OH is 3. The molecule has 182 valence electrons. The summed E-state index contributed by atoms with van der Waals surface area (Å²) in [6, 6.07) is 7.59. The first-order chi connectivity index (χ1) is 14.5. The smallest absolute Gasteiger partial charge is 0.394 e. The highest BCUT2D eigenvalue weighted by Crippen LogP contribution is 2.64. The molecule has 16 nitrogen and oxygen atoms in total. The van der Waals surface area contributed by atoms with Crippen LogP contribution in [0.2, 0.25) is 0 Å². The number of fused-ring (bicyclic) bond motifs is 1. The summed E-state index contributed by atoms with van der Waals surface area (Å²) in [5.74, 6) is 0.545. The zero-order valence-electron chi connectivity index (χ0n) is 16.1. The molecule has 1 aliphatic rings. The molecule has 1 aromatic carbocycles. The standard InChI is InChI=1S/C13H16N2O4.H5O10P3/c1-15-8-5-3-2-4-7(8)14-13(15)12-11(18)10(17)9(6-16)19-12;1-11(2,3)9-13(7,8)10-12(4,5)6/h2-5,9-12,16-18H,6H2,1H3;(H,7,8)(H2,1,2,3)(H2,4,5,6)/t9-,10-,11-,12-;/m1./s1. The van der Waals surface area contributed by atoms with Crippen molar-refractivity contribution in [3.8, 4) is 0 Å². The van der Waals surface area contributed by atoms with Gasteiger partial charge in [-0.2, -0.15) is 8.62 Å². The Kier molecular flexibility index (Phi) is 8.54. The van der Waals surface area contributed by atoms with Crippen molar-refractivity contribution in [3.05, 3.63) is 30.1 Å². The highest BCUT2D eigenvalue weighted by Gasteiger charge is 2.45. The predicted octanol–water partition coefficient (Wildman–Crippen LogP) is -0.967. The summed E-state index contributed by atoms with van der Waals surface area (Å²) in [4.78, 5) is 44.6. The number of phosphoric acid groups is 3. The number of nitrogens with zero attached hydrogens (tertiary/aromatic N) is 2. The predicted molar refractivity (Wildman–Crippen MR) is 104 cm³/mol. The number of aromatic nitrogens is 2. The molecule has 0 amide bonds. The van der Waals surface area contributed by atoms with Gasteiger partial charge in [0, 0.05) is 7.05 Å². The van der Waals surface area contributed by atoms with E-state index < -0.39 is 47.9 Å². The van der Waals surface area contributed by atoms with Gasteiger partial charge in [-0.15, -0.1) is 0 Å². The fraction of sp³-hybridized carbons (Fsp3) is 0.462. The van der Waals surface area contributed by atoms with Crippen LogP contribution in [0, 0.1) is 0 Å². The first-order valence-electron chi connectivity index (χ1n) is 8.45. The second-order valence-corrected chi connectivity index (χ2v) is 10.6. The Morgan fingerprint density at radius 3 is 1.97 bits per heavy atom. The number of imidazole rings is 1. The SMILES string of the molecule is Cn1c([C@@H]2O[C@H](CO)[C@@H](O)[C@H]2O)nc2ccccc21.O=P(O)(O)OP(=O)(O)OP(=O)(O)O. The molecule has 0 aliphatic carbocycles. The number of aryl methyl sites for hydroxylation is 1. The lowest BCUT2D eigenvalue weighted by molar-refractivity contribution is -0.0259. The number of benzene rings is 1. The summed E-state index contributed by atoms with van der Waals surface area (Å²) in [5.41, 5.74) is 1.73. The number of rotatable bonds is 6. The molecule has 4 atom stereocenters. The molecule has 3 rings (SSSR count). The number of ether oxygens (including phenoxy) is 1. The summed E-state index contributed by atoms with van der Waals surface area (Å²) in [6.07, 6.45) is -3.70. The average molecular weight is 522 g/mol. The van der Waals surface area contributed by atoms with Crippen molar-refractivity contribution in [3.63, 3.8) is 0 Å². The van der Waals surface area contributed by atoms with Crippen LogP contribution < -0.4 is 0 Å². The van der Waals surface area contributed by atoms with E-state index in [2.05, 4.69) is 13.6 Å². The minimum Gasteiger partial charge on any atom is -0.394 e. The van der Waals surface area contributed by atoms with Crippen LogP contribution in [-0.2, 0) is 34.1 Å². The van der Waals surface area contributed by atoms with Crippen LogP contribution in [0.25, 0.3) is 11.0 Å². The lowest BCUT2D eigenvalue weighted by Gasteiger charge is -2.14. The van der Waals surface area contributed by atoms with Gasteiger partial charge in [-0.25, -0.2) is 18.7 Å². The van der Waals surface area contributed by atoms with E-state index in [4.69, 9.17) is 34.3 Å². The Hall–Kier alpha value is -1.06. The molecular formula is C13H21N2O14P3. The maximum atomic E-state index is 10.4. The molecule has 2 aromatic rings. The molecular weight excluding hydrogens is 501 g/mol. The van der Waals surface area contributed by atoms with Gasteiger partial charge < -0.3 is 49.1 Å². The minimum atomic E-state index is -5.46. The molecule has 2 heterocycles. The normalized spacial score (nSPS) is 24.4. The molecule has 0 radical (unpaired) electrons. The van der Waals surface area contributed by atoms with Gasteiger partial charge in [0.15, 0.2) is 0 Å². The first kappa shape index (κ1) is 27.2. The Bertz CT molecular complexity index is 1050. The summed E-state index contributed by atoms with van der Waals surface area (Å²) in [6.45, 7) is -0.335. The van der Waals surface area contributed by atoms with Crippen LogP contribution in [0.3, 0.4) is 0 Å². The monoisotopic (exact) mass is 522 g/mol. The van der Waals surface area contributed by atoms with E-state index in [0.717, 1.165) is 11.0 Å². The summed E-state index contributed by atoms with van der Waals surface area (Å²) in [7, 11) is -14.3. The van der Waals surface area contributed by atoms with Crippen LogP contribution in [0.4, 0.5) is 0 Å². The van der Waals surface area contributed by atoms with Crippen LogP contribution in [0.1, 0.15) is 11.9 Å². The zero-order chi connectivity index (χ0) is 24.5. The van der Waals surface area contributed by atoms with E-state index in [9.17, 15) is 23.9 Å². The van der Waals surface area contributed by atoms with Gasteiger partial charge in [0.25, 0.3) is 0 Å². The molecule has 32 heavy (non-hydrogen) atoms. The van der Waals surface area contributed by atoms with Crippen molar-refractivity contribution in [2.45, 2.75) is 24.4 Å². The van der Waals surface area contributed by atoms with Crippen molar-refractivity contribution in [2.24, 2.45) is 7.05 Å². The van der Waals surface area contributed by atoms with Crippen LogP contribution in [0.5, 0.6) is 0 Å². The second kappa shape index (κ2) is 10.1. The van der Waals surface area contributed by atoms with Crippen molar-refractivity contribution in [2.75, 3.05) is 6.61 Å². The van der Waals surface area contributed by atoms with E-state index in [0.29, 0.717) is 5.82 Å². The Balaban J connectivity index is 0.000000247. The van der Waals surface area contributed by atoms with Gasteiger partial charge in [0.05, 0.1) is 17.6 Å². The third-order valence-corrected chi connectivity index (χ3v) is 7.39. The van der Waals surface area contributed by atoms with E-state index in [1.165, 1.54) is 0 Å². The van der Waals surface area contributed by atoms with Gasteiger partial charge in [-0.05, 0) is 12.1 Å². The summed E-state index contributed by atoms with van der Waals surface area (Å²) < 4.78 is 43.7. The van der Waals surface area contributed by atoms with Gasteiger partial charge in [0.2, 0.25) is 0 Å². The van der Waals surface area contributed by atoms with Crippen molar-refractivity contribution < 1.29 is 66.8 Å². The Morgan fingerprint density at radius 1 is 1.00 bits per heavy atom. The second-order valence-electron chi connectivity index (χ2n) is 6.39. The van der Waals surface area contributed by atoms with Crippen molar-refractivity contribution in [1.82, 2.24) is 9.55 Å². The third kappa shape index (κ3) is 7.22. The fourth-order valence-electron chi connectivity index (χ4n) is 2.82. The molecule has 1 fully saturated rings. The highest BCUT2D eigenvalue weighted by molar-refractivity contribution is 7.66. The van der Waals surface area contributed by atoms with Crippen LogP contribution in [-0.4, -0.2) is 74.3 Å². The molecule has 0 unspecified atom stereocenters. The minimum absolute atomic E-state index is 0.335. The average Bonchev–Trinajstić information content (AvgIpc) is 3.09. The van der Waals surface area contributed by atoms with Gasteiger partial charge in [-0.3, -0.25) is 0 Å². The van der Waals surface area contributed by atoms with Gasteiger partial charge in [-0.1, -0.05) is 12.1 Å². The maximum absolute atomic E-state index is 10.4.